The fraction of sp³-hybridized carbons (Fsp3) is 0.933. The predicted molar refractivity (Wildman–Crippen MR) is 215 cm³/mol. The lowest BCUT2D eigenvalue weighted by Gasteiger charge is -2.18. The number of carbonyl (C=O) groups excluding carboxylic acids is 3. The molecule has 0 bridgehead atoms. The van der Waals surface area contributed by atoms with E-state index < -0.39 is 6.10 Å². The molecule has 0 aliphatic heterocycles. The van der Waals surface area contributed by atoms with Gasteiger partial charge in [-0.3, -0.25) is 14.4 Å². The minimum Gasteiger partial charge on any atom is -0.462 e. The molecule has 0 aromatic rings. The molecule has 6 nitrogen and oxygen atoms in total. The van der Waals surface area contributed by atoms with Gasteiger partial charge in [-0.1, -0.05) is 202 Å². The number of hydrogen-bond acceptors (Lipinski definition) is 6. The third kappa shape index (κ3) is 39.5. The number of rotatable bonds is 39. The molecular weight excluding hydrogens is 636 g/mol. The van der Waals surface area contributed by atoms with Crippen LogP contribution in [0.25, 0.3) is 0 Å². The van der Waals surface area contributed by atoms with Crippen molar-refractivity contribution in [2.75, 3.05) is 13.2 Å². The highest BCUT2D eigenvalue weighted by Gasteiger charge is 2.19. The number of carbonyl (C=O) groups is 3. The maximum absolute atomic E-state index is 12.7. The molecule has 0 N–H and O–H groups in total. The standard InChI is InChI=1S/C45H86O6/c1-6-7-8-9-10-11-12-13-14-21-27-32-37-45(48)51-42(39-50-44(47)36-31-26-22-17-19-24-29-34-41(4)5)38-49-43(46)35-30-25-20-16-15-18-23-28-33-40(2)3/h40-42H,6-39H2,1-5H3/t42-/m0/s1. The van der Waals surface area contributed by atoms with Crippen molar-refractivity contribution in [1.82, 2.24) is 0 Å². The van der Waals surface area contributed by atoms with Gasteiger partial charge < -0.3 is 14.2 Å². The van der Waals surface area contributed by atoms with Gasteiger partial charge in [-0.25, -0.2) is 0 Å². The fourth-order valence-corrected chi connectivity index (χ4v) is 6.58. The minimum atomic E-state index is -0.760. The van der Waals surface area contributed by atoms with E-state index in [1.54, 1.807) is 0 Å². The van der Waals surface area contributed by atoms with Crippen LogP contribution in [0.4, 0.5) is 0 Å². The monoisotopic (exact) mass is 723 g/mol. The summed E-state index contributed by atoms with van der Waals surface area (Å²) in [6, 6.07) is 0. The van der Waals surface area contributed by atoms with Crippen molar-refractivity contribution in [1.29, 1.82) is 0 Å². The summed E-state index contributed by atoms with van der Waals surface area (Å²) >= 11 is 0. The predicted octanol–water partition coefficient (Wildman–Crippen LogP) is 13.8. The average molecular weight is 723 g/mol. The molecule has 0 radical (unpaired) electrons. The van der Waals surface area contributed by atoms with Crippen molar-refractivity contribution in [2.45, 2.75) is 246 Å². The fourth-order valence-electron chi connectivity index (χ4n) is 6.58. The zero-order chi connectivity index (χ0) is 37.6. The number of esters is 3. The Morgan fingerprint density at radius 2 is 0.647 bits per heavy atom. The van der Waals surface area contributed by atoms with E-state index in [0.29, 0.717) is 19.3 Å². The van der Waals surface area contributed by atoms with Crippen LogP contribution in [0.3, 0.4) is 0 Å². The summed E-state index contributed by atoms with van der Waals surface area (Å²) in [5.74, 6) is 0.715. The Balaban J connectivity index is 4.35. The van der Waals surface area contributed by atoms with E-state index in [9.17, 15) is 14.4 Å². The summed E-state index contributed by atoms with van der Waals surface area (Å²) in [7, 11) is 0. The van der Waals surface area contributed by atoms with Crippen LogP contribution in [0.1, 0.15) is 240 Å². The third-order valence-corrected chi connectivity index (χ3v) is 9.97. The maximum atomic E-state index is 12.7. The first kappa shape index (κ1) is 49.4. The second-order valence-corrected chi connectivity index (χ2v) is 16.3. The largest absolute Gasteiger partial charge is 0.462 e. The summed E-state index contributed by atoms with van der Waals surface area (Å²) in [6.45, 7) is 11.2. The Morgan fingerprint density at radius 1 is 0.373 bits per heavy atom. The highest BCUT2D eigenvalue weighted by atomic mass is 16.6. The molecule has 0 unspecified atom stereocenters. The molecule has 6 heteroatoms. The Bertz CT molecular complexity index is 779. The molecule has 0 aliphatic rings. The minimum absolute atomic E-state index is 0.0660. The molecule has 0 aromatic heterocycles. The van der Waals surface area contributed by atoms with Crippen LogP contribution in [-0.2, 0) is 28.6 Å². The zero-order valence-electron chi connectivity index (χ0n) is 34.7. The molecule has 0 saturated heterocycles. The van der Waals surface area contributed by atoms with Crippen LogP contribution >= 0.6 is 0 Å². The normalized spacial score (nSPS) is 12.1. The summed E-state index contributed by atoms with van der Waals surface area (Å²) in [4.78, 5) is 37.6. The van der Waals surface area contributed by atoms with Crippen LogP contribution in [0.15, 0.2) is 0 Å². The first-order valence-corrected chi connectivity index (χ1v) is 22.2. The van der Waals surface area contributed by atoms with Crippen LogP contribution in [0, 0.1) is 11.8 Å². The smallest absolute Gasteiger partial charge is 0.306 e. The SMILES string of the molecule is CCCCCCCCCCCCCCC(=O)O[C@@H](COC(=O)CCCCCCCCCCC(C)C)COC(=O)CCCCCCCCCC(C)C. The summed E-state index contributed by atoms with van der Waals surface area (Å²) < 4.78 is 16.7. The van der Waals surface area contributed by atoms with Gasteiger partial charge in [0.15, 0.2) is 6.10 Å². The van der Waals surface area contributed by atoms with Gasteiger partial charge in [-0.05, 0) is 31.1 Å². The Morgan fingerprint density at radius 3 is 0.961 bits per heavy atom. The molecule has 302 valence electrons. The van der Waals surface area contributed by atoms with E-state index in [0.717, 1.165) is 69.6 Å². The van der Waals surface area contributed by atoms with E-state index in [2.05, 4.69) is 34.6 Å². The van der Waals surface area contributed by atoms with Gasteiger partial charge in [0.1, 0.15) is 13.2 Å². The van der Waals surface area contributed by atoms with E-state index in [-0.39, 0.29) is 31.1 Å². The van der Waals surface area contributed by atoms with Crippen molar-refractivity contribution < 1.29 is 28.6 Å². The molecule has 0 aliphatic carbocycles. The van der Waals surface area contributed by atoms with Gasteiger partial charge in [-0.2, -0.15) is 0 Å². The van der Waals surface area contributed by atoms with Crippen LogP contribution in [0.5, 0.6) is 0 Å². The zero-order valence-corrected chi connectivity index (χ0v) is 34.7. The molecular formula is C45H86O6. The summed E-state index contributed by atoms with van der Waals surface area (Å²) in [5.41, 5.74) is 0. The van der Waals surface area contributed by atoms with Crippen LogP contribution < -0.4 is 0 Å². The Hall–Kier alpha value is -1.59. The summed E-state index contributed by atoms with van der Waals surface area (Å²) in [6.07, 6.45) is 35.2. The highest BCUT2D eigenvalue weighted by Crippen LogP contribution is 2.16. The molecule has 0 spiro atoms. The van der Waals surface area contributed by atoms with Gasteiger partial charge in [0.25, 0.3) is 0 Å². The molecule has 0 aromatic carbocycles. The van der Waals surface area contributed by atoms with Gasteiger partial charge in [0.05, 0.1) is 0 Å². The first-order valence-electron chi connectivity index (χ1n) is 22.2. The molecule has 51 heavy (non-hydrogen) atoms. The molecule has 0 fully saturated rings. The number of hydrogen-bond donors (Lipinski definition) is 0. The quantitative estimate of drug-likeness (QED) is 0.0357. The highest BCUT2D eigenvalue weighted by molar-refractivity contribution is 5.71. The first-order chi connectivity index (χ1) is 24.7. The van der Waals surface area contributed by atoms with Gasteiger partial charge in [0, 0.05) is 19.3 Å². The Labute approximate surface area is 317 Å². The second kappa shape index (κ2) is 38.1. The van der Waals surface area contributed by atoms with E-state index >= 15 is 0 Å². The van der Waals surface area contributed by atoms with Crippen LogP contribution in [-0.4, -0.2) is 37.2 Å². The third-order valence-electron chi connectivity index (χ3n) is 9.97. The van der Waals surface area contributed by atoms with Crippen molar-refractivity contribution >= 4 is 17.9 Å². The molecule has 1 atom stereocenters. The maximum Gasteiger partial charge on any atom is 0.306 e. The van der Waals surface area contributed by atoms with E-state index in [1.165, 1.54) is 128 Å². The lowest BCUT2D eigenvalue weighted by atomic mass is 10.0. The summed E-state index contributed by atoms with van der Waals surface area (Å²) in [5, 5.41) is 0. The van der Waals surface area contributed by atoms with Crippen LogP contribution in [0.2, 0.25) is 0 Å². The number of ether oxygens (including phenoxy) is 3. The van der Waals surface area contributed by atoms with Gasteiger partial charge in [0.2, 0.25) is 0 Å². The van der Waals surface area contributed by atoms with E-state index in [4.69, 9.17) is 14.2 Å². The molecule has 0 saturated carbocycles. The van der Waals surface area contributed by atoms with Crippen molar-refractivity contribution in [2.24, 2.45) is 11.8 Å². The van der Waals surface area contributed by atoms with Crippen molar-refractivity contribution in [3.8, 4) is 0 Å². The van der Waals surface area contributed by atoms with E-state index in [1.807, 2.05) is 0 Å². The van der Waals surface area contributed by atoms with Gasteiger partial charge >= 0.3 is 17.9 Å². The lowest BCUT2D eigenvalue weighted by Crippen LogP contribution is -2.30. The number of unbranched alkanes of at least 4 members (excludes halogenated alkanes) is 24. The van der Waals surface area contributed by atoms with Crippen molar-refractivity contribution in [3.05, 3.63) is 0 Å². The average Bonchev–Trinajstić information content (AvgIpc) is 3.09. The van der Waals surface area contributed by atoms with Gasteiger partial charge in [-0.15, -0.1) is 0 Å². The topological polar surface area (TPSA) is 78.9 Å². The lowest BCUT2D eigenvalue weighted by molar-refractivity contribution is -0.167. The molecule has 0 rings (SSSR count). The Kier molecular flexibility index (Phi) is 37.0. The second-order valence-electron chi connectivity index (χ2n) is 16.3. The molecule has 0 heterocycles. The van der Waals surface area contributed by atoms with Crippen molar-refractivity contribution in [3.63, 3.8) is 0 Å². The molecule has 0 amide bonds.